The van der Waals surface area contributed by atoms with Crippen LogP contribution in [-0.2, 0) is 10.5 Å². The Bertz CT molecular complexity index is 312. The van der Waals surface area contributed by atoms with Crippen LogP contribution in [-0.4, -0.2) is 18.7 Å². The summed E-state index contributed by atoms with van der Waals surface area (Å²) in [5.74, 6) is 1.52. The Morgan fingerprint density at radius 1 is 1.50 bits per heavy atom. The molecule has 0 fully saturated rings. The zero-order valence-electron chi connectivity index (χ0n) is 8.54. The Hall–Kier alpha value is -0.960. The van der Waals surface area contributed by atoms with E-state index in [4.69, 9.17) is 0 Å². The van der Waals surface area contributed by atoms with Crippen molar-refractivity contribution in [2.24, 2.45) is 0 Å². The number of amides is 1. The van der Waals surface area contributed by atoms with Gasteiger partial charge in [-0.1, -0.05) is 29.8 Å². The van der Waals surface area contributed by atoms with Crippen molar-refractivity contribution in [1.82, 2.24) is 5.32 Å². The number of carbonyl (C=O) groups excluding carboxylic acids is 1. The zero-order chi connectivity index (χ0) is 10.4. The van der Waals surface area contributed by atoms with Gasteiger partial charge in [0, 0.05) is 12.8 Å². The third kappa shape index (κ3) is 3.83. The summed E-state index contributed by atoms with van der Waals surface area (Å²) in [7, 11) is 1.66. The fourth-order valence-corrected chi connectivity index (χ4v) is 1.98. The van der Waals surface area contributed by atoms with E-state index in [1.54, 1.807) is 18.8 Å². The number of aryl methyl sites for hydroxylation is 1. The molecule has 2 nitrogen and oxygen atoms in total. The molecule has 14 heavy (non-hydrogen) atoms. The molecule has 0 aliphatic rings. The van der Waals surface area contributed by atoms with Crippen molar-refractivity contribution in [3.63, 3.8) is 0 Å². The van der Waals surface area contributed by atoms with Crippen LogP contribution in [0.25, 0.3) is 0 Å². The van der Waals surface area contributed by atoms with Gasteiger partial charge in [-0.15, -0.1) is 11.8 Å². The van der Waals surface area contributed by atoms with E-state index in [1.807, 2.05) is 6.07 Å². The van der Waals surface area contributed by atoms with Gasteiger partial charge >= 0.3 is 0 Å². The molecule has 0 aliphatic carbocycles. The lowest BCUT2D eigenvalue weighted by molar-refractivity contribution is -0.118. The normalized spacial score (nSPS) is 9.86. The first-order valence-electron chi connectivity index (χ1n) is 4.56. The first-order valence-corrected chi connectivity index (χ1v) is 5.71. The van der Waals surface area contributed by atoms with Gasteiger partial charge in [-0.05, 0) is 12.5 Å². The van der Waals surface area contributed by atoms with Crippen molar-refractivity contribution >= 4 is 17.7 Å². The van der Waals surface area contributed by atoms with Crippen LogP contribution in [0, 0.1) is 6.92 Å². The van der Waals surface area contributed by atoms with Gasteiger partial charge in [0.15, 0.2) is 0 Å². The van der Waals surface area contributed by atoms with Crippen LogP contribution in [0.2, 0.25) is 0 Å². The van der Waals surface area contributed by atoms with Crippen LogP contribution in [0.15, 0.2) is 24.3 Å². The van der Waals surface area contributed by atoms with E-state index in [-0.39, 0.29) is 5.91 Å². The van der Waals surface area contributed by atoms with Crippen LogP contribution in [0.5, 0.6) is 0 Å². The lowest BCUT2D eigenvalue weighted by atomic mass is 10.2. The molecule has 3 heteroatoms. The number of hydrogen-bond donors (Lipinski definition) is 1. The maximum absolute atomic E-state index is 10.9. The van der Waals surface area contributed by atoms with Gasteiger partial charge in [-0.2, -0.15) is 0 Å². The second kappa shape index (κ2) is 5.70. The highest BCUT2D eigenvalue weighted by Gasteiger charge is 1.98. The van der Waals surface area contributed by atoms with Crippen LogP contribution >= 0.6 is 11.8 Å². The number of hydrogen-bond acceptors (Lipinski definition) is 2. The molecule has 1 rings (SSSR count). The minimum atomic E-state index is 0.0858. The SMILES string of the molecule is CNC(=O)CSCc1cccc(C)c1. The number of thioether (sulfide) groups is 1. The van der Waals surface area contributed by atoms with Gasteiger partial charge in [-0.3, -0.25) is 4.79 Å². The van der Waals surface area contributed by atoms with Crippen molar-refractivity contribution in [2.45, 2.75) is 12.7 Å². The van der Waals surface area contributed by atoms with Crippen LogP contribution in [0.1, 0.15) is 11.1 Å². The molecule has 0 spiro atoms. The molecule has 1 amide bonds. The summed E-state index contributed by atoms with van der Waals surface area (Å²) >= 11 is 1.64. The standard InChI is InChI=1S/C11H15NOS/c1-9-4-3-5-10(6-9)7-14-8-11(13)12-2/h3-6H,7-8H2,1-2H3,(H,12,13). The van der Waals surface area contributed by atoms with E-state index < -0.39 is 0 Å². The molecule has 0 radical (unpaired) electrons. The van der Waals surface area contributed by atoms with Crippen molar-refractivity contribution in [3.05, 3.63) is 35.4 Å². The van der Waals surface area contributed by atoms with Gasteiger partial charge in [0.2, 0.25) is 5.91 Å². The fourth-order valence-electron chi connectivity index (χ4n) is 1.14. The predicted octanol–water partition coefficient (Wildman–Crippen LogP) is 1.97. The Morgan fingerprint density at radius 3 is 2.93 bits per heavy atom. The van der Waals surface area contributed by atoms with Crippen LogP contribution in [0.3, 0.4) is 0 Å². The molecule has 0 bridgehead atoms. The number of benzene rings is 1. The van der Waals surface area contributed by atoms with Gasteiger partial charge in [0.05, 0.1) is 5.75 Å². The smallest absolute Gasteiger partial charge is 0.229 e. The second-order valence-corrected chi connectivity index (χ2v) is 4.14. The number of rotatable bonds is 4. The van der Waals surface area contributed by atoms with Crippen molar-refractivity contribution in [2.75, 3.05) is 12.8 Å². The molecular formula is C11H15NOS. The van der Waals surface area contributed by atoms with E-state index >= 15 is 0 Å². The molecule has 0 unspecified atom stereocenters. The quantitative estimate of drug-likeness (QED) is 0.821. The predicted molar refractivity (Wildman–Crippen MR) is 61.4 cm³/mol. The minimum Gasteiger partial charge on any atom is -0.358 e. The molecule has 1 N–H and O–H groups in total. The Labute approximate surface area is 89.1 Å². The van der Waals surface area contributed by atoms with Crippen molar-refractivity contribution < 1.29 is 4.79 Å². The highest BCUT2D eigenvalue weighted by atomic mass is 32.2. The Kier molecular flexibility index (Phi) is 4.53. The summed E-state index contributed by atoms with van der Waals surface area (Å²) in [5, 5.41) is 2.60. The van der Waals surface area contributed by atoms with E-state index in [1.165, 1.54) is 11.1 Å². The second-order valence-electron chi connectivity index (χ2n) is 3.16. The summed E-state index contributed by atoms with van der Waals surface area (Å²) in [6.07, 6.45) is 0. The average molecular weight is 209 g/mol. The average Bonchev–Trinajstić information content (AvgIpc) is 2.17. The summed E-state index contributed by atoms with van der Waals surface area (Å²) < 4.78 is 0. The largest absolute Gasteiger partial charge is 0.358 e. The maximum atomic E-state index is 10.9. The van der Waals surface area contributed by atoms with Crippen molar-refractivity contribution in [3.8, 4) is 0 Å². The molecule has 0 aliphatic heterocycles. The molecule has 76 valence electrons. The monoisotopic (exact) mass is 209 g/mol. The molecule has 0 saturated heterocycles. The van der Waals surface area contributed by atoms with Crippen LogP contribution < -0.4 is 5.32 Å². The summed E-state index contributed by atoms with van der Waals surface area (Å²) in [5.41, 5.74) is 2.54. The molecule has 0 aromatic heterocycles. The Balaban J connectivity index is 2.35. The molecule has 0 heterocycles. The van der Waals surface area contributed by atoms with Gasteiger partial charge in [-0.25, -0.2) is 0 Å². The molecule has 1 aromatic rings. The fraction of sp³-hybridized carbons (Fsp3) is 0.364. The van der Waals surface area contributed by atoms with E-state index in [0.29, 0.717) is 5.75 Å². The highest BCUT2D eigenvalue weighted by Crippen LogP contribution is 2.12. The highest BCUT2D eigenvalue weighted by molar-refractivity contribution is 7.99. The zero-order valence-corrected chi connectivity index (χ0v) is 9.36. The topological polar surface area (TPSA) is 29.1 Å². The summed E-state index contributed by atoms with van der Waals surface area (Å²) in [6, 6.07) is 8.36. The van der Waals surface area contributed by atoms with E-state index in [2.05, 4.69) is 30.4 Å². The molecular weight excluding hydrogens is 194 g/mol. The molecule has 0 saturated carbocycles. The lowest BCUT2D eigenvalue weighted by Gasteiger charge is -2.02. The maximum Gasteiger partial charge on any atom is 0.229 e. The number of nitrogens with one attached hydrogen (secondary N) is 1. The third-order valence-corrected chi connectivity index (χ3v) is 2.87. The van der Waals surface area contributed by atoms with Gasteiger partial charge in [0.1, 0.15) is 0 Å². The van der Waals surface area contributed by atoms with Gasteiger partial charge in [0.25, 0.3) is 0 Å². The van der Waals surface area contributed by atoms with Crippen LogP contribution in [0.4, 0.5) is 0 Å². The lowest BCUT2D eigenvalue weighted by Crippen LogP contribution is -2.19. The molecule has 1 aromatic carbocycles. The summed E-state index contributed by atoms with van der Waals surface area (Å²) in [6.45, 7) is 2.08. The number of carbonyl (C=O) groups is 1. The van der Waals surface area contributed by atoms with E-state index in [0.717, 1.165) is 5.75 Å². The van der Waals surface area contributed by atoms with E-state index in [9.17, 15) is 4.79 Å². The first kappa shape index (κ1) is 11.1. The molecule has 0 atom stereocenters. The first-order chi connectivity index (χ1) is 6.72. The minimum absolute atomic E-state index is 0.0858. The van der Waals surface area contributed by atoms with Crippen molar-refractivity contribution in [1.29, 1.82) is 0 Å². The Morgan fingerprint density at radius 2 is 2.29 bits per heavy atom. The van der Waals surface area contributed by atoms with Gasteiger partial charge < -0.3 is 5.32 Å². The summed E-state index contributed by atoms with van der Waals surface area (Å²) in [4.78, 5) is 10.9. The third-order valence-electron chi connectivity index (χ3n) is 1.86.